The fourth-order valence-corrected chi connectivity index (χ4v) is 2.72. The van der Waals surface area contributed by atoms with E-state index in [1.165, 1.54) is 6.92 Å². The van der Waals surface area contributed by atoms with Crippen LogP contribution in [0.3, 0.4) is 0 Å². The van der Waals surface area contributed by atoms with E-state index >= 15 is 0 Å². The third-order valence-corrected chi connectivity index (χ3v) is 4.55. The number of hydrogen-bond donors (Lipinski definition) is 3. The van der Waals surface area contributed by atoms with Crippen molar-refractivity contribution in [2.24, 2.45) is 0 Å². The molecular weight excluding hydrogens is 406 g/mol. The quantitative estimate of drug-likeness (QED) is 0.566. The van der Waals surface area contributed by atoms with Crippen molar-refractivity contribution in [2.75, 3.05) is 6.67 Å². The van der Waals surface area contributed by atoms with Gasteiger partial charge < -0.3 is 15.7 Å². The Morgan fingerprint density at radius 1 is 1.04 bits per heavy atom. The van der Waals surface area contributed by atoms with Crippen LogP contribution >= 0.6 is 23.2 Å². The molecule has 2 aromatic rings. The van der Waals surface area contributed by atoms with Crippen LogP contribution in [-0.2, 0) is 16.1 Å². The third-order valence-electron chi connectivity index (χ3n) is 4.15. The van der Waals surface area contributed by atoms with Crippen LogP contribution in [0.15, 0.2) is 48.5 Å². The van der Waals surface area contributed by atoms with Gasteiger partial charge in [-0.1, -0.05) is 71.7 Å². The van der Waals surface area contributed by atoms with Crippen molar-refractivity contribution in [3.63, 3.8) is 0 Å². The van der Waals surface area contributed by atoms with Crippen LogP contribution in [0.4, 0.5) is 4.39 Å². The minimum absolute atomic E-state index is 0.0892. The summed E-state index contributed by atoms with van der Waals surface area (Å²) in [4.78, 5) is 21.1. The Kier molecular flexibility index (Phi) is 8.23. The van der Waals surface area contributed by atoms with Gasteiger partial charge in [-0.25, -0.2) is 4.39 Å². The molecule has 0 saturated carbocycles. The van der Waals surface area contributed by atoms with Crippen LogP contribution in [-0.4, -0.2) is 34.5 Å². The number of halogens is 3. The van der Waals surface area contributed by atoms with E-state index in [1.807, 2.05) is 24.3 Å². The van der Waals surface area contributed by atoms with Gasteiger partial charge in [0.25, 0.3) is 5.91 Å². The van der Waals surface area contributed by atoms with Gasteiger partial charge in [0.1, 0.15) is 12.8 Å². The molecule has 0 heterocycles. The van der Waals surface area contributed by atoms with E-state index in [-0.39, 0.29) is 5.91 Å². The van der Waals surface area contributed by atoms with Crippen LogP contribution in [0.5, 0.6) is 0 Å². The molecule has 2 rings (SSSR count). The van der Waals surface area contributed by atoms with Crippen LogP contribution in [0, 0.1) is 0 Å². The molecule has 0 aliphatic carbocycles. The highest BCUT2D eigenvalue weighted by atomic mass is 35.5. The second-order valence-corrected chi connectivity index (χ2v) is 7.34. The Balaban J connectivity index is 2.07. The first-order valence-corrected chi connectivity index (χ1v) is 9.45. The zero-order valence-electron chi connectivity index (χ0n) is 15.2. The Morgan fingerprint density at radius 2 is 1.57 bits per heavy atom. The lowest BCUT2D eigenvalue weighted by molar-refractivity contribution is -0.121. The molecule has 0 saturated heterocycles. The van der Waals surface area contributed by atoms with Gasteiger partial charge >= 0.3 is 0 Å². The standard InChI is InChI=1S/C20H21Cl2FN2O3/c1-12(26)24-11-13-2-4-14(5-3-13)15-6-8-16(9-7-15)18(27)17(10-23)25-20(28)19(21)22/h2-9,17-19,27H,10-11H2,1H3,(H,24,26)(H,25,28)/t17-,18+/m1/s1. The maximum atomic E-state index is 13.2. The average Bonchev–Trinajstić information content (AvgIpc) is 2.70. The molecule has 2 amide bonds. The first-order valence-electron chi connectivity index (χ1n) is 8.58. The first kappa shape index (κ1) is 22.1. The van der Waals surface area contributed by atoms with Gasteiger partial charge in [-0.2, -0.15) is 0 Å². The van der Waals surface area contributed by atoms with Gasteiger partial charge in [-0.3, -0.25) is 9.59 Å². The van der Waals surface area contributed by atoms with Crippen molar-refractivity contribution < 1.29 is 19.1 Å². The number of carbonyl (C=O) groups is 2. The lowest BCUT2D eigenvalue weighted by Crippen LogP contribution is -2.43. The second kappa shape index (κ2) is 10.4. The predicted molar refractivity (Wildman–Crippen MR) is 108 cm³/mol. The lowest BCUT2D eigenvalue weighted by Gasteiger charge is -2.22. The van der Waals surface area contributed by atoms with E-state index in [2.05, 4.69) is 10.6 Å². The van der Waals surface area contributed by atoms with Crippen molar-refractivity contribution in [3.05, 3.63) is 59.7 Å². The van der Waals surface area contributed by atoms with Crippen molar-refractivity contribution in [1.82, 2.24) is 10.6 Å². The molecule has 0 unspecified atom stereocenters. The molecule has 2 atom stereocenters. The molecule has 3 N–H and O–H groups in total. The van der Waals surface area contributed by atoms with Gasteiger partial charge in [-0.15, -0.1) is 0 Å². The maximum absolute atomic E-state index is 13.2. The largest absolute Gasteiger partial charge is 0.386 e. The van der Waals surface area contributed by atoms with Crippen LogP contribution in [0.25, 0.3) is 11.1 Å². The molecule has 0 bridgehead atoms. The van der Waals surface area contributed by atoms with Gasteiger partial charge in [0, 0.05) is 13.5 Å². The van der Waals surface area contributed by atoms with Crippen LogP contribution in [0.2, 0.25) is 0 Å². The molecule has 28 heavy (non-hydrogen) atoms. The smallest absolute Gasteiger partial charge is 0.253 e. The predicted octanol–water partition coefficient (Wildman–Crippen LogP) is 3.28. The van der Waals surface area contributed by atoms with E-state index in [0.29, 0.717) is 12.1 Å². The highest BCUT2D eigenvalue weighted by Crippen LogP contribution is 2.24. The fraction of sp³-hybridized carbons (Fsp3) is 0.300. The number of alkyl halides is 3. The molecule has 8 heteroatoms. The normalized spacial score (nSPS) is 13.1. The number of carbonyl (C=O) groups excluding carboxylic acids is 2. The topological polar surface area (TPSA) is 78.4 Å². The molecule has 0 spiro atoms. The highest BCUT2D eigenvalue weighted by molar-refractivity contribution is 6.53. The molecule has 0 aromatic heterocycles. The summed E-state index contributed by atoms with van der Waals surface area (Å²) >= 11 is 10.9. The summed E-state index contributed by atoms with van der Waals surface area (Å²) < 4.78 is 13.2. The Bertz CT molecular complexity index is 798. The number of aliphatic hydroxyl groups is 1. The second-order valence-electron chi connectivity index (χ2n) is 6.24. The summed E-state index contributed by atoms with van der Waals surface area (Å²) in [6.07, 6.45) is -1.24. The summed E-state index contributed by atoms with van der Waals surface area (Å²) in [6, 6.07) is 13.5. The van der Waals surface area contributed by atoms with Crippen molar-refractivity contribution >= 4 is 35.0 Å². The number of aliphatic hydroxyl groups excluding tert-OH is 1. The summed E-state index contributed by atoms with van der Waals surface area (Å²) in [7, 11) is 0. The molecule has 0 radical (unpaired) electrons. The van der Waals surface area contributed by atoms with Crippen molar-refractivity contribution in [1.29, 1.82) is 0 Å². The zero-order valence-corrected chi connectivity index (χ0v) is 16.7. The minimum atomic E-state index is -1.34. The molecular formula is C20H21Cl2FN2O3. The van der Waals surface area contributed by atoms with Gasteiger partial charge in [0.2, 0.25) is 5.91 Å². The van der Waals surface area contributed by atoms with Gasteiger partial charge in [-0.05, 0) is 22.3 Å². The minimum Gasteiger partial charge on any atom is -0.386 e. The summed E-state index contributed by atoms with van der Waals surface area (Å²) in [5.74, 6) is -0.852. The Morgan fingerprint density at radius 3 is 2.04 bits per heavy atom. The van der Waals surface area contributed by atoms with E-state index < -0.39 is 29.6 Å². The molecule has 5 nitrogen and oxygen atoms in total. The van der Waals surface area contributed by atoms with E-state index in [1.54, 1.807) is 24.3 Å². The van der Waals surface area contributed by atoms with Crippen molar-refractivity contribution in [3.8, 4) is 11.1 Å². The summed E-state index contributed by atoms with van der Waals surface area (Å²) in [5.41, 5.74) is 3.29. The Hall–Kier alpha value is -2.15. The van der Waals surface area contributed by atoms with E-state index in [0.717, 1.165) is 16.7 Å². The molecule has 0 fully saturated rings. The van der Waals surface area contributed by atoms with Crippen LogP contribution < -0.4 is 10.6 Å². The van der Waals surface area contributed by atoms with Crippen molar-refractivity contribution in [2.45, 2.75) is 30.5 Å². The number of nitrogens with one attached hydrogen (secondary N) is 2. The number of benzene rings is 2. The number of hydrogen-bond acceptors (Lipinski definition) is 3. The summed E-state index contributed by atoms with van der Waals surface area (Å²) in [5, 5.41) is 15.3. The van der Waals surface area contributed by atoms with Crippen LogP contribution in [0.1, 0.15) is 24.2 Å². The first-order chi connectivity index (χ1) is 13.3. The number of rotatable bonds is 8. The zero-order chi connectivity index (χ0) is 20.7. The lowest BCUT2D eigenvalue weighted by atomic mass is 9.98. The van der Waals surface area contributed by atoms with Gasteiger partial charge in [0.15, 0.2) is 4.84 Å². The summed E-state index contributed by atoms with van der Waals surface area (Å²) in [6.45, 7) is 0.959. The molecule has 0 aliphatic rings. The van der Waals surface area contributed by atoms with E-state index in [9.17, 15) is 19.1 Å². The Labute approximate surface area is 172 Å². The van der Waals surface area contributed by atoms with Gasteiger partial charge in [0.05, 0.1) is 6.04 Å². The number of amides is 2. The molecule has 150 valence electrons. The maximum Gasteiger partial charge on any atom is 0.253 e. The highest BCUT2D eigenvalue weighted by Gasteiger charge is 2.25. The third kappa shape index (κ3) is 6.19. The molecule has 0 aliphatic heterocycles. The monoisotopic (exact) mass is 426 g/mol. The average molecular weight is 427 g/mol. The SMILES string of the molecule is CC(=O)NCc1ccc(-c2ccc([C@H](O)[C@@H](CF)NC(=O)C(Cl)Cl)cc2)cc1. The molecule has 2 aromatic carbocycles. The fourth-order valence-electron chi connectivity index (χ4n) is 2.59. The van der Waals surface area contributed by atoms with E-state index in [4.69, 9.17) is 23.2 Å².